The maximum absolute atomic E-state index is 11.8. The molecule has 0 bridgehead atoms. The Balaban J connectivity index is 1.86. The number of rotatable bonds is 4. The van der Waals surface area contributed by atoms with Gasteiger partial charge in [-0.05, 0) is 29.4 Å². The van der Waals surface area contributed by atoms with Gasteiger partial charge in [0.1, 0.15) is 6.04 Å². The van der Waals surface area contributed by atoms with Gasteiger partial charge in [0.2, 0.25) is 5.91 Å². The normalized spacial score (nSPS) is 18.8. The molecule has 0 saturated heterocycles. The van der Waals surface area contributed by atoms with Gasteiger partial charge < -0.3 is 5.73 Å². The minimum absolute atomic E-state index is 0.167. The maximum atomic E-state index is 11.8. The third-order valence-corrected chi connectivity index (χ3v) is 4.87. The Morgan fingerprint density at radius 1 is 1.14 bits per heavy atom. The zero-order valence-corrected chi connectivity index (χ0v) is 12.5. The Morgan fingerprint density at radius 3 is 2.62 bits per heavy atom. The van der Waals surface area contributed by atoms with Gasteiger partial charge in [-0.3, -0.25) is 10.1 Å². The van der Waals surface area contributed by atoms with Crippen molar-refractivity contribution in [2.24, 2.45) is 5.73 Å². The smallest absolute Gasteiger partial charge is 0.239 e. The number of fused-ring (bicyclic) bond motifs is 1. The molecule has 0 fully saturated rings. The largest absolute Gasteiger partial charge is 0.368 e. The highest BCUT2D eigenvalue weighted by Gasteiger charge is 2.26. The summed E-state index contributed by atoms with van der Waals surface area (Å²) in [5, 5.41) is 3.44. The number of amides is 1. The van der Waals surface area contributed by atoms with Gasteiger partial charge in [0.05, 0.1) is 0 Å². The van der Waals surface area contributed by atoms with Gasteiger partial charge in [-0.1, -0.05) is 48.5 Å². The van der Waals surface area contributed by atoms with Gasteiger partial charge in [0, 0.05) is 10.9 Å². The highest BCUT2D eigenvalue weighted by molar-refractivity contribution is 7.99. The average molecular weight is 298 g/mol. The van der Waals surface area contributed by atoms with Crippen molar-refractivity contribution in [3.05, 3.63) is 65.7 Å². The lowest BCUT2D eigenvalue weighted by Crippen LogP contribution is -2.37. The van der Waals surface area contributed by atoms with Crippen LogP contribution in [0, 0.1) is 0 Å². The first-order valence-electron chi connectivity index (χ1n) is 7.08. The Kier molecular flexibility index (Phi) is 4.27. The van der Waals surface area contributed by atoms with Crippen LogP contribution in [-0.2, 0) is 4.79 Å². The summed E-state index contributed by atoms with van der Waals surface area (Å²) in [6.45, 7) is 0. The van der Waals surface area contributed by atoms with E-state index in [2.05, 4.69) is 23.5 Å². The molecule has 0 spiro atoms. The quantitative estimate of drug-likeness (QED) is 0.912. The van der Waals surface area contributed by atoms with Crippen LogP contribution in [0.4, 0.5) is 0 Å². The topological polar surface area (TPSA) is 55.1 Å². The zero-order chi connectivity index (χ0) is 14.7. The van der Waals surface area contributed by atoms with Crippen LogP contribution >= 0.6 is 11.8 Å². The molecule has 3 rings (SSSR count). The molecule has 0 saturated carbocycles. The van der Waals surface area contributed by atoms with Crippen LogP contribution in [0.1, 0.15) is 29.6 Å². The molecule has 2 aromatic rings. The third kappa shape index (κ3) is 3.12. The van der Waals surface area contributed by atoms with Crippen molar-refractivity contribution in [3.63, 3.8) is 0 Å². The molecule has 4 heteroatoms. The molecule has 0 unspecified atom stereocenters. The number of hydrogen-bond donors (Lipinski definition) is 2. The van der Waals surface area contributed by atoms with Crippen molar-refractivity contribution >= 4 is 17.7 Å². The van der Waals surface area contributed by atoms with E-state index in [4.69, 9.17) is 5.73 Å². The van der Waals surface area contributed by atoms with Crippen LogP contribution in [0.3, 0.4) is 0 Å². The van der Waals surface area contributed by atoms with E-state index in [1.807, 2.05) is 48.2 Å². The molecule has 1 aliphatic heterocycles. The predicted octanol–water partition coefficient (Wildman–Crippen LogP) is 3.04. The van der Waals surface area contributed by atoms with Gasteiger partial charge in [-0.15, -0.1) is 11.8 Å². The van der Waals surface area contributed by atoms with Crippen LogP contribution in [0.15, 0.2) is 59.5 Å². The van der Waals surface area contributed by atoms with Crippen LogP contribution in [0.2, 0.25) is 0 Å². The van der Waals surface area contributed by atoms with Crippen molar-refractivity contribution in [2.75, 3.05) is 5.75 Å². The van der Waals surface area contributed by atoms with Crippen molar-refractivity contribution in [2.45, 2.75) is 23.4 Å². The number of carbonyl (C=O) groups excluding carboxylic acids is 1. The second-order valence-electron chi connectivity index (χ2n) is 5.14. The molecule has 1 amide bonds. The second kappa shape index (κ2) is 6.33. The summed E-state index contributed by atoms with van der Waals surface area (Å²) in [7, 11) is 0. The molecule has 1 heterocycles. The fourth-order valence-corrected chi connectivity index (χ4v) is 3.83. The first kappa shape index (κ1) is 14.2. The lowest BCUT2D eigenvalue weighted by molar-refractivity contribution is -0.120. The Bertz CT molecular complexity index is 630. The van der Waals surface area contributed by atoms with E-state index in [0.29, 0.717) is 0 Å². The van der Waals surface area contributed by atoms with Crippen LogP contribution < -0.4 is 11.1 Å². The number of nitrogens with two attached hydrogens (primary N) is 1. The summed E-state index contributed by atoms with van der Waals surface area (Å²) in [4.78, 5) is 13.1. The van der Waals surface area contributed by atoms with E-state index in [1.54, 1.807) is 0 Å². The summed E-state index contributed by atoms with van der Waals surface area (Å²) in [6, 6.07) is 17.7. The molecule has 3 N–H and O–H groups in total. The number of hydrogen-bond acceptors (Lipinski definition) is 3. The van der Waals surface area contributed by atoms with Gasteiger partial charge >= 0.3 is 0 Å². The van der Waals surface area contributed by atoms with Gasteiger partial charge in [0.15, 0.2) is 0 Å². The number of thioether (sulfide) groups is 1. The Morgan fingerprint density at radius 2 is 1.86 bits per heavy atom. The van der Waals surface area contributed by atoms with Gasteiger partial charge in [-0.25, -0.2) is 0 Å². The maximum Gasteiger partial charge on any atom is 0.239 e. The SMILES string of the molecule is NC(=O)[C@@H](N[C@H]1CCSc2ccccc21)c1ccccc1. The Labute approximate surface area is 128 Å². The monoisotopic (exact) mass is 298 g/mol. The molecule has 1 aliphatic rings. The van der Waals surface area contributed by atoms with Crippen molar-refractivity contribution in [1.29, 1.82) is 0 Å². The summed E-state index contributed by atoms with van der Waals surface area (Å²) in [5.41, 5.74) is 7.78. The molecular weight excluding hydrogens is 280 g/mol. The molecular formula is C17H18N2OS. The van der Waals surface area contributed by atoms with E-state index >= 15 is 0 Å². The van der Waals surface area contributed by atoms with Gasteiger partial charge in [0.25, 0.3) is 0 Å². The number of benzene rings is 2. The molecule has 0 aromatic heterocycles. The van der Waals surface area contributed by atoms with Crippen molar-refractivity contribution in [3.8, 4) is 0 Å². The Hall–Kier alpha value is -1.78. The predicted molar refractivity (Wildman–Crippen MR) is 86.0 cm³/mol. The third-order valence-electron chi connectivity index (χ3n) is 3.74. The minimum atomic E-state index is -0.452. The van der Waals surface area contributed by atoms with Crippen molar-refractivity contribution in [1.82, 2.24) is 5.32 Å². The fraction of sp³-hybridized carbons (Fsp3) is 0.235. The fourth-order valence-electron chi connectivity index (χ4n) is 2.70. The zero-order valence-electron chi connectivity index (χ0n) is 11.7. The number of primary amides is 1. The second-order valence-corrected chi connectivity index (χ2v) is 6.28. The minimum Gasteiger partial charge on any atom is -0.368 e. The highest BCUT2D eigenvalue weighted by atomic mass is 32.2. The first-order valence-corrected chi connectivity index (χ1v) is 8.06. The molecule has 2 aromatic carbocycles. The van der Waals surface area contributed by atoms with Gasteiger partial charge in [-0.2, -0.15) is 0 Å². The molecule has 0 radical (unpaired) electrons. The van der Waals surface area contributed by atoms with E-state index in [0.717, 1.165) is 17.7 Å². The van der Waals surface area contributed by atoms with E-state index < -0.39 is 6.04 Å². The summed E-state index contributed by atoms with van der Waals surface area (Å²) in [6.07, 6.45) is 0.998. The number of nitrogens with one attached hydrogen (secondary N) is 1. The lowest BCUT2D eigenvalue weighted by Gasteiger charge is -2.29. The summed E-state index contributed by atoms with van der Waals surface area (Å²) in [5.74, 6) is 0.714. The molecule has 21 heavy (non-hydrogen) atoms. The van der Waals surface area contributed by atoms with E-state index in [1.165, 1.54) is 10.5 Å². The molecule has 108 valence electrons. The first-order chi connectivity index (χ1) is 10.3. The molecule has 2 atom stereocenters. The highest BCUT2D eigenvalue weighted by Crippen LogP contribution is 2.37. The van der Waals surface area contributed by atoms with E-state index in [-0.39, 0.29) is 11.9 Å². The lowest BCUT2D eigenvalue weighted by atomic mass is 9.99. The summed E-state index contributed by atoms with van der Waals surface area (Å²) >= 11 is 1.87. The average Bonchev–Trinajstić information content (AvgIpc) is 2.53. The van der Waals surface area contributed by atoms with E-state index in [9.17, 15) is 4.79 Å². The van der Waals surface area contributed by atoms with Crippen LogP contribution in [-0.4, -0.2) is 11.7 Å². The molecule has 0 aliphatic carbocycles. The standard InChI is InChI=1S/C17H18N2OS/c18-17(20)16(12-6-2-1-3-7-12)19-14-10-11-21-15-9-5-4-8-13(14)15/h1-9,14,16,19H,10-11H2,(H2,18,20)/t14-,16-/m0/s1. The molecule has 3 nitrogen and oxygen atoms in total. The summed E-state index contributed by atoms with van der Waals surface area (Å²) < 4.78 is 0. The number of carbonyl (C=O) groups is 1. The van der Waals surface area contributed by atoms with Crippen LogP contribution in [0.5, 0.6) is 0 Å². The van der Waals surface area contributed by atoms with Crippen LogP contribution in [0.25, 0.3) is 0 Å². The van der Waals surface area contributed by atoms with Crippen molar-refractivity contribution < 1.29 is 4.79 Å².